The molecule has 1 aromatic heterocycles. The minimum absolute atomic E-state index is 0.0285. The first-order valence-corrected chi connectivity index (χ1v) is 6.47. The average molecular weight is 301 g/mol. The number of hydrogen-bond donors (Lipinski definition) is 0. The number of rotatable bonds is 2. The number of aromatic nitrogens is 1. The molecule has 0 fully saturated rings. The van der Waals surface area contributed by atoms with Crippen LogP contribution >= 0.6 is 10.7 Å². The molecule has 0 aliphatic carbocycles. The van der Waals surface area contributed by atoms with E-state index in [4.69, 9.17) is 15.9 Å². The zero-order valence-corrected chi connectivity index (χ0v) is 10.2. The molecule has 5 nitrogen and oxygen atoms in total. The van der Waals surface area contributed by atoms with E-state index in [-0.39, 0.29) is 5.56 Å². The van der Waals surface area contributed by atoms with Crippen molar-refractivity contribution in [1.82, 2.24) is 4.98 Å². The van der Waals surface area contributed by atoms with Gasteiger partial charge in [-0.1, -0.05) is 0 Å². The zero-order chi connectivity index (χ0) is 14.1. The van der Waals surface area contributed by atoms with Crippen LogP contribution in [0.4, 0.5) is 13.2 Å². The van der Waals surface area contributed by atoms with Crippen LogP contribution in [0.25, 0.3) is 0 Å². The van der Waals surface area contributed by atoms with Crippen molar-refractivity contribution in [1.29, 1.82) is 5.26 Å². The Hall–Kier alpha value is -1.53. The first kappa shape index (κ1) is 14.5. The van der Waals surface area contributed by atoms with Gasteiger partial charge in [0.2, 0.25) is 5.03 Å². The van der Waals surface area contributed by atoms with Crippen molar-refractivity contribution in [2.24, 2.45) is 0 Å². The highest BCUT2D eigenvalue weighted by atomic mass is 35.7. The standard InChI is InChI=1S/C8H4ClF3N2O3S/c1-4-3-14-7(18(9,15)16)6(5(4)2-13)17-8(10,11)12/h3H,1H3. The lowest BCUT2D eigenvalue weighted by molar-refractivity contribution is -0.275. The number of nitrogens with zero attached hydrogens (tertiary/aromatic N) is 2. The Morgan fingerprint density at radius 3 is 2.44 bits per heavy atom. The molecule has 1 heterocycles. The molecule has 0 radical (unpaired) electrons. The molecule has 0 saturated heterocycles. The number of hydrogen-bond acceptors (Lipinski definition) is 5. The molecule has 0 unspecified atom stereocenters. The molecule has 0 bridgehead atoms. The molecule has 1 rings (SSSR count). The summed E-state index contributed by atoms with van der Waals surface area (Å²) in [5, 5.41) is 7.57. The van der Waals surface area contributed by atoms with Gasteiger partial charge in [-0.25, -0.2) is 13.4 Å². The van der Waals surface area contributed by atoms with Gasteiger partial charge in [0.1, 0.15) is 11.6 Å². The van der Waals surface area contributed by atoms with E-state index in [0.717, 1.165) is 6.20 Å². The predicted molar refractivity (Wildman–Crippen MR) is 53.4 cm³/mol. The Morgan fingerprint density at radius 2 is 2.06 bits per heavy atom. The Balaban J connectivity index is 3.62. The quantitative estimate of drug-likeness (QED) is 0.781. The van der Waals surface area contributed by atoms with E-state index in [1.165, 1.54) is 13.0 Å². The number of halogens is 4. The maximum atomic E-state index is 12.2. The van der Waals surface area contributed by atoms with Gasteiger partial charge in [-0.2, -0.15) is 5.26 Å². The third-order valence-corrected chi connectivity index (χ3v) is 2.94. The second kappa shape index (κ2) is 4.62. The van der Waals surface area contributed by atoms with Crippen molar-refractivity contribution >= 4 is 19.7 Å². The highest BCUT2D eigenvalue weighted by Crippen LogP contribution is 2.34. The summed E-state index contributed by atoms with van der Waals surface area (Å²) in [6, 6.07) is 1.41. The van der Waals surface area contributed by atoms with Gasteiger partial charge >= 0.3 is 6.36 Å². The van der Waals surface area contributed by atoms with Crippen molar-refractivity contribution in [2.75, 3.05) is 0 Å². The molecule has 10 heteroatoms. The fraction of sp³-hybridized carbons (Fsp3) is 0.250. The summed E-state index contributed by atoms with van der Waals surface area (Å²) in [5.41, 5.74) is -0.567. The van der Waals surface area contributed by atoms with Crippen molar-refractivity contribution in [3.05, 3.63) is 17.3 Å². The fourth-order valence-corrected chi connectivity index (χ4v) is 1.96. The summed E-state index contributed by atoms with van der Waals surface area (Å²) in [5.74, 6) is -1.22. The molecule has 0 aliphatic rings. The van der Waals surface area contributed by atoms with E-state index < -0.39 is 31.8 Å². The largest absolute Gasteiger partial charge is 0.573 e. The molecular formula is C8H4ClF3N2O3S. The third kappa shape index (κ3) is 3.24. The SMILES string of the molecule is Cc1cnc(S(=O)(=O)Cl)c(OC(F)(F)F)c1C#N. The Labute approximate surface area is 104 Å². The molecule has 1 aromatic rings. The molecular weight excluding hydrogens is 297 g/mol. The number of aryl methyl sites for hydroxylation is 1. The number of pyridine rings is 1. The maximum Gasteiger partial charge on any atom is 0.573 e. The molecule has 18 heavy (non-hydrogen) atoms. The van der Waals surface area contributed by atoms with Gasteiger partial charge in [0.05, 0.1) is 0 Å². The monoisotopic (exact) mass is 300 g/mol. The van der Waals surface area contributed by atoms with Gasteiger partial charge < -0.3 is 4.74 Å². The minimum atomic E-state index is -5.17. The van der Waals surface area contributed by atoms with Crippen molar-refractivity contribution in [3.63, 3.8) is 0 Å². The molecule has 0 aromatic carbocycles. The summed E-state index contributed by atoms with van der Waals surface area (Å²) in [6.07, 6.45) is -4.26. The summed E-state index contributed by atoms with van der Waals surface area (Å²) in [6.45, 7) is 1.28. The number of alkyl halides is 3. The van der Waals surface area contributed by atoms with Gasteiger partial charge in [0.25, 0.3) is 9.05 Å². The zero-order valence-electron chi connectivity index (χ0n) is 8.62. The van der Waals surface area contributed by atoms with E-state index in [1.54, 1.807) is 0 Å². The van der Waals surface area contributed by atoms with Crippen LogP contribution in [-0.2, 0) is 9.05 Å². The van der Waals surface area contributed by atoms with Gasteiger partial charge in [-0.15, -0.1) is 13.2 Å². The minimum Gasteiger partial charge on any atom is -0.401 e. The molecule has 98 valence electrons. The van der Waals surface area contributed by atoms with E-state index >= 15 is 0 Å². The van der Waals surface area contributed by atoms with Crippen LogP contribution in [-0.4, -0.2) is 19.8 Å². The summed E-state index contributed by atoms with van der Waals surface area (Å²) in [4.78, 5) is 3.25. The van der Waals surface area contributed by atoms with Crippen LogP contribution in [0.5, 0.6) is 5.75 Å². The van der Waals surface area contributed by atoms with Crippen molar-refractivity contribution < 1.29 is 26.3 Å². The molecule has 0 N–H and O–H groups in total. The molecule has 0 spiro atoms. The predicted octanol–water partition coefficient (Wildman–Crippen LogP) is 2.09. The molecule has 0 aliphatic heterocycles. The van der Waals surface area contributed by atoms with E-state index in [9.17, 15) is 21.6 Å². The van der Waals surface area contributed by atoms with Crippen LogP contribution in [0, 0.1) is 18.3 Å². The lowest BCUT2D eigenvalue weighted by Gasteiger charge is -2.13. The second-order valence-corrected chi connectivity index (χ2v) is 5.53. The lowest BCUT2D eigenvalue weighted by atomic mass is 10.2. The smallest absolute Gasteiger partial charge is 0.401 e. The summed E-state index contributed by atoms with van der Waals surface area (Å²) >= 11 is 0. The third-order valence-electron chi connectivity index (χ3n) is 1.75. The van der Waals surface area contributed by atoms with Crippen LogP contribution in [0.2, 0.25) is 0 Å². The lowest BCUT2D eigenvalue weighted by Crippen LogP contribution is -2.20. The van der Waals surface area contributed by atoms with Gasteiger partial charge in [-0.3, -0.25) is 0 Å². The maximum absolute atomic E-state index is 12.2. The van der Waals surface area contributed by atoms with Crippen LogP contribution in [0.3, 0.4) is 0 Å². The average Bonchev–Trinajstić information content (AvgIpc) is 2.13. The highest BCUT2D eigenvalue weighted by molar-refractivity contribution is 8.13. The number of ether oxygens (including phenoxy) is 1. The van der Waals surface area contributed by atoms with Crippen LogP contribution in [0.1, 0.15) is 11.1 Å². The van der Waals surface area contributed by atoms with Crippen LogP contribution in [0.15, 0.2) is 11.2 Å². The normalized spacial score (nSPS) is 12.0. The summed E-state index contributed by atoms with van der Waals surface area (Å²) in [7, 11) is 0.357. The van der Waals surface area contributed by atoms with Gasteiger partial charge in [0, 0.05) is 16.9 Å². The van der Waals surface area contributed by atoms with Gasteiger partial charge in [0.15, 0.2) is 5.75 Å². The summed E-state index contributed by atoms with van der Waals surface area (Å²) < 4.78 is 62.1. The van der Waals surface area contributed by atoms with E-state index in [0.29, 0.717) is 0 Å². The van der Waals surface area contributed by atoms with E-state index in [2.05, 4.69) is 9.72 Å². The Kier molecular flexibility index (Phi) is 3.73. The van der Waals surface area contributed by atoms with E-state index in [1.807, 2.05) is 0 Å². The van der Waals surface area contributed by atoms with Crippen molar-refractivity contribution in [2.45, 2.75) is 18.3 Å². The first-order valence-electron chi connectivity index (χ1n) is 4.16. The molecule has 0 amide bonds. The van der Waals surface area contributed by atoms with Gasteiger partial charge in [-0.05, 0) is 12.5 Å². The van der Waals surface area contributed by atoms with Crippen LogP contribution < -0.4 is 4.74 Å². The topological polar surface area (TPSA) is 80.1 Å². The first-order chi connectivity index (χ1) is 8.06. The fourth-order valence-electron chi connectivity index (χ4n) is 1.09. The molecule has 0 saturated carbocycles. The Morgan fingerprint density at radius 1 is 1.50 bits per heavy atom. The highest BCUT2D eigenvalue weighted by Gasteiger charge is 2.36. The second-order valence-electron chi connectivity index (χ2n) is 3.05. The van der Waals surface area contributed by atoms with Crippen molar-refractivity contribution in [3.8, 4) is 11.8 Å². The molecule has 0 atom stereocenters. The number of nitriles is 1. The Bertz CT molecular complexity index is 622.